The van der Waals surface area contributed by atoms with E-state index in [1.165, 1.54) is 12.1 Å². The first kappa shape index (κ1) is 21.9. The lowest BCUT2D eigenvalue weighted by Gasteiger charge is -2.30. The summed E-state index contributed by atoms with van der Waals surface area (Å²) < 4.78 is 38.6. The van der Waals surface area contributed by atoms with E-state index in [4.69, 9.17) is 0 Å². The highest BCUT2D eigenvalue weighted by atomic mass is 19.4. The van der Waals surface area contributed by atoms with E-state index in [-0.39, 0.29) is 17.6 Å². The van der Waals surface area contributed by atoms with Gasteiger partial charge in [0.15, 0.2) is 0 Å². The number of carbonyl (C=O) groups excluding carboxylic acids is 1. The van der Waals surface area contributed by atoms with Crippen molar-refractivity contribution in [3.63, 3.8) is 0 Å². The van der Waals surface area contributed by atoms with Crippen LogP contribution in [0.3, 0.4) is 0 Å². The number of carbonyl (C=O) groups is 1. The Morgan fingerprint density at radius 2 is 1.80 bits per heavy atom. The topological polar surface area (TPSA) is 70.1 Å². The molecule has 1 aliphatic rings. The van der Waals surface area contributed by atoms with Gasteiger partial charge in [-0.05, 0) is 50.8 Å². The molecule has 1 heterocycles. The second kappa shape index (κ2) is 8.89. The van der Waals surface area contributed by atoms with E-state index in [2.05, 4.69) is 20.6 Å². The van der Waals surface area contributed by atoms with E-state index < -0.39 is 17.6 Å². The lowest BCUT2D eigenvalue weighted by Crippen LogP contribution is -2.40. The molecule has 1 saturated carbocycles. The smallest absolute Gasteiger partial charge is 0.362 e. The quantitative estimate of drug-likeness (QED) is 0.763. The number of aromatic nitrogens is 2. The van der Waals surface area contributed by atoms with Gasteiger partial charge >= 0.3 is 6.18 Å². The van der Waals surface area contributed by atoms with Gasteiger partial charge in [0.25, 0.3) is 5.91 Å². The highest BCUT2D eigenvalue weighted by Gasteiger charge is 2.31. The molecule has 3 rings (SSSR count). The van der Waals surface area contributed by atoms with Crippen LogP contribution in [0.5, 0.6) is 0 Å². The van der Waals surface area contributed by atoms with Crippen LogP contribution in [0.4, 0.5) is 24.9 Å². The Hall–Kier alpha value is -2.84. The third-order valence-electron chi connectivity index (χ3n) is 5.22. The van der Waals surface area contributed by atoms with Crippen LogP contribution in [-0.2, 0) is 6.18 Å². The fourth-order valence-corrected chi connectivity index (χ4v) is 3.63. The zero-order valence-corrected chi connectivity index (χ0v) is 17.3. The minimum atomic E-state index is -4.47. The van der Waals surface area contributed by atoms with Gasteiger partial charge < -0.3 is 15.5 Å². The second-order valence-electron chi connectivity index (χ2n) is 7.84. The molecule has 1 aromatic carbocycles. The Morgan fingerprint density at radius 3 is 2.43 bits per heavy atom. The van der Waals surface area contributed by atoms with Crippen LogP contribution in [0.15, 0.2) is 30.5 Å². The molecular weight excluding hydrogens is 395 g/mol. The number of alkyl halides is 3. The van der Waals surface area contributed by atoms with E-state index in [9.17, 15) is 18.0 Å². The molecule has 1 aromatic heterocycles. The van der Waals surface area contributed by atoms with Gasteiger partial charge in [-0.25, -0.2) is 4.98 Å². The predicted octanol–water partition coefficient (Wildman–Crippen LogP) is 4.02. The second-order valence-corrected chi connectivity index (χ2v) is 7.84. The lowest BCUT2D eigenvalue weighted by molar-refractivity contribution is -0.137. The number of anilines is 2. The average molecular weight is 421 g/mol. The van der Waals surface area contributed by atoms with Crippen molar-refractivity contribution < 1.29 is 18.0 Å². The van der Waals surface area contributed by atoms with Crippen LogP contribution < -0.4 is 15.5 Å². The normalized spacial score (nSPS) is 19.3. The highest BCUT2D eigenvalue weighted by Crippen LogP contribution is 2.29. The molecule has 0 saturated heterocycles. The third-order valence-corrected chi connectivity index (χ3v) is 5.22. The van der Waals surface area contributed by atoms with Gasteiger partial charge in [0.1, 0.15) is 5.82 Å². The molecule has 0 atom stereocenters. The van der Waals surface area contributed by atoms with E-state index in [1.807, 2.05) is 25.9 Å². The highest BCUT2D eigenvalue weighted by molar-refractivity contribution is 5.94. The number of hydrogen-bond acceptors (Lipinski definition) is 5. The number of nitrogens with one attached hydrogen (secondary N) is 2. The summed E-state index contributed by atoms with van der Waals surface area (Å²) in [6.07, 6.45) is 0.393. The molecule has 162 valence electrons. The fraction of sp³-hybridized carbons (Fsp3) is 0.476. The number of aryl methyl sites for hydroxylation is 1. The van der Waals surface area contributed by atoms with Gasteiger partial charge in [0.2, 0.25) is 5.95 Å². The Balaban J connectivity index is 1.54. The number of amides is 1. The van der Waals surface area contributed by atoms with E-state index in [1.54, 1.807) is 6.20 Å². The standard InChI is InChI=1S/C21H26F3N5O/c1-13-12-25-20(28-18(13)29(2)3)27-17-9-7-16(8-10-17)26-19(30)14-5-4-6-15(11-14)21(22,23)24/h4-6,11-12,16-17H,7-10H2,1-3H3,(H,26,30)(H,25,27,28)/t16-,17+. The molecule has 0 aliphatic heterocycles. The maximum atomic E-state index is 12.9. The summed E-state index contributed by atoms with van der Waals surface area (Å²) in [6.45, 7) is 1.96. The number of benzene rings is 1. The first-order valence-corrected chi connectivity index (χ1v) is 9.89. The molecule has 2 N–H and O–H groups in total. The minimum absolute atomic E-state index is 0.0225. The summed E-state index contributed by atoms with van der Waals surface area (Å²) in [5, 5.41) is 6.20. The summed E-state index contributed by atoms with van der Waals surface area (Å²) in [5.41, 5.74) is 0.194. The molecule has 1 aliphatic carbocycles. The van der Waals surface area contributed by atoms with Crippen molar-refractivity contribution in [3.05, 3.63) is 47.2 Å². The van der Waals surface area contributed by atoms with Gasteiger partial charge in [-0.15, -0.1) is 0 Å². The van der Waals surface area contributed by atoms with Crippen molar-refractivity contribution in [1.82, 2.24) is 15.3 Å². The van der Waals surface area contributed by atoms with E-state index in [0.717, 1.165) is 49.2 Å². The van der Waals surface area contributed by atoms with Crippen LogP contribution >= 0.6 is 0 Å². The van der Waals surface area contributed by atoms with Crippen LogP contribution in [0, 0.1) is 6.92 Å². The SMILES string of the molecule is Cc1cnc(N[C@H]2CC[C@@H](NC(=O)c3cccc(C(F)(F)F)c3)CC2)nc1N(C)C. The van der Waals surface area contributed by atoms with Gasteiger partial charge in [-0.3, -0.25) is 4.79 Å². The Bertz CT molecular complexity index is 892. The molecule has 0 spiro atoms. The molecule has 1 amide bonds. The zero-order valence-electron chi connectivity index (χ0n) is 17.3. The van der Waals surface area contributed by atoms with Crippen molar-refractivity contribution in [1.29, 1.82) is 0 Å². The maximum absolute atomic E-state index is 12.9. The first-order valence-electron chi connectivity index (χ1n) is 9.89. The van der Waals surface area contributed by atoms with Gasteiger partial charge in [-0.1, -0.05) is 6.07 Å². The van der Waals surface area contributed by atoms with Crippen LogP contribution in [0.2, 0.25) is 0 Å². The molecule has 9 heteroatoms. The minimum Gasteiger partial charge on any atom is -0.362 e. The van der Waals surface area contributed by atoms with Crippen molar-refractivity contribution in [2.75, 3.05) is 24.3 Å². The summed E-state index contributed by atoms with van der Waals surface area (Å²) >= 11 is 0. The molecule has 0 unspecified atom stereocenters. The first-order chi connectivity index (χ1) is 14.1. The largest absolute Gasteiger partial charge is 0.416 e. The Labute approximate surface area is 173 Å². The van der Waals surface area contributed by atoms with Crippen molar-refractivity contribution >= 4 is 17.7 Å². The third kappa shape index (κ3) is 5.40. The molecule has 1 fully saturated rings. The zero-order chi connectivity index (χ0) is 21.9. The van der Waals surface area contributed by atoms with Crippen LogP contribution in [0.25, 0.3) is 0 Å². The van der Waals surface area contributed by atoms with Gasteiger partial charge in [0, 0.05) is 43.5 Å². The molecule has 0 bridgehead atoms. The lowest BCUT2D eigenvalue weighted by atomic mass is 9.91. The molecule has 6 nitrogen and oxygen atoms in total. The van der Waals surface area contributed by atoms with Crippen molar-refractivity contribution in [2.45, 2.75) is 50.9 Å². The maximum Gasteiger partial charge on any atom is 0.416 e. The molecule has 2 aromatic rings. The number of rotatable bonds is 5. The van der Waals surface area contributed by atoms with Crippen molar-refractivity contribution in [3.8, 4) is 0 Å². The molecule has 30 heavy (non-hydrogen) atoms. The fourth-order valence-electron chi connectivity index (χ4n) is 3.63. The van der Waals surface area contributed by atoms with Crippen LogP contribution in [0.1, 0.15) is 47.2 Å². The Kier molecular flexibility index (Phi) is 6.48. The monoisotopic (exact) mass is 421 g/mol. The number of nitrogens with zero attached hydrogens (tertiary/aromatic N) is 3. The Morgan fingerprint density at radius 1 is 1.13 bits per heavy atom. The van der Waals surface area contributed by atoms with Gasteiger partial charge in [0.05, 0.1) is 5.56 Å². The predicted molar refractivity (Wildman–Crippen MR) is 110 cm³/mol. The summed E-state index contributed by atoms with van der Waals surface area (Å²) in [5.74, 6) is 0.949. The number of halogens is 3. The van der Waals surface area contributed by atoms with Crippen LogP contribution in [-0.4, -0.2) is 42.1 Å². The molecular formula is C21H26F3N5O. The van der Waals surface area contributed by atoms with E-state index in [0.29, 0.717) is 5.95 Å². The molecule has 0 radical (unpaired) electrons. The summed E-state index contributed by atoms with van der Waals surface area (Å²) in [6, 6.07) is 4.62. The summed E-state index contributed by atoms with van der Waals surface area (Å²) in [4.78, 5) is 23.2. The number of hydrogen-bond donors (Lipinski definition) is 2. The average Bonchev–Trinajstić information content (AvgIpc) is 2.70. The van der Waals surface area contributed by atoms with E-state index >= 15 is 0 Å². The van der Waals surface area contributed by atoms with Crippen molar-refractivity contribution in [2.24, 2.45) is 0 Å². The summed E-state index contributed by atoms with van der Waals surface area (Å²) in [7, 11) is 3.86. The van der Waals surface area contributed by atoms with Gasteiger partial charge in [-0.2, -0.15) is 18.2 Å².